The average molecular weight is 432 g/mol. The summed E-state index contributed by atoms with van der Waals surface area (Å²) in [5.41, 5.74) is 7.18. The van der Waals surface area contributed by atoms with Crippen LogP contribution in [0.3, 0.4) is 0 Å². The number of alkyl halides is 3. The van der Waals surface area contributed by atoms with E-state index in [-0.39, 0.29) is 17.4 Å². The number of pyridine rings is 1. The molecule has 8 nitrogen and oxygen atoms in total. The van der Waals surface area contributed by atoms with Crippen molar-refractivity contribution in [3.8, 4) is 17.0 Å². The highest BCUT2D eigenvalue weighted by molar-refractivity contribution is 6.06. The van der Waals surface area contributed by atoms with Gasteiger partial charge in [-0.05, 0) is 49.7 Å². The number of amides is 1. The molecular weight excluding hydrogens is 413 g/mol. The summed E-state index contributed by atoms with van der Waals surface area (Å²) in [7, 11) is 0. The van der Waals surface area contributed by atoms with Crippen molar-refractivity contribution in [2.24, 2.45) is 5.73 Å². The van der Waals surface area contributed by atoms with Crippen LogP contribution in [0.2, 0.25) is 0 Å². The molecular formula is C20H19F3N6O2. The lowest BCUT2D eigenvalue weighted by Crippen LogP contribution is -2.38. The van der Waals surface area contributed by atoms with Gasteiger partial charge < -0.3 is 21.1 Å². The molecule has 0 aliphatic carbocycles. The van der Waals surface area contributed by atoms with Crippen LogP contribution in [0.15, 0.2) is 36.7 Å². The summed E-state index contributed by atoms with van der Waals surface area (Å²) in [6.07, 6.45) is -1.49. The van der Waals surface area contributed by atoms with Crippen LogP contribution in [0.5, 0.6) is 5.75 Å². The molecule has 0 unspecified atom stereocenters. The van der Waals surface area contributed by atoms with Gasteiger partial charge in [-0.3, -0.25) is 4.79 Å². The zero-order valence-corrected chi connectivity index (χ0v) is 16.2. The van der Waals surface area contributed by atoms with Crippen molar-refractivity contribution in [1.29, 1.82) is 0 Å². The van der Waals surface area contributed by atoms with E-state index in [1.54, 1.807) is 0 Å². The molecule has 0 spiro atoms. The van der Waals surface area contributed by atoms with E-state index in [0.29, 0.717) is 28.1 Å². The van der Waals surface area contributed by atoms with Crippen molar-refractivity contribution < 1.29 is 22.7 Å². The fourth-order valence-corrected chi connectivity index (χ4v) is 3.48. The molecule has 162 valence electrons. The van der Waals surface area contributed by atoms with Gasteiger partial charge in [0.2, 0.25) is 0 Å². The first kappa shape index (κ1) is 20.8. The second kappa shape index (κ2) is 8.34. The molecule has 2 aromatic heterocycles. The first-order valence-corrected chi connectivity index (χ1v) is 9.59. The number of rotatable bonds is 5. The number of carbonyl (C=O) groups excluding carboxylic acids is 1. The molecule has 11 heteroatoms. The van der Waals surface area contributed by atoms with Crippen molar-refractivity contribution >= 4 is 22.8 Å². The van der Waals surface area contributed by atoms with Crippen molar-refractivity contribution in [1.82, 2.24) is 20.3 Å². The highest BCUT2D eigenvalue weighted by atomic mass is 19.4. The van der Waals surface area contributed by atoms with Crippen molar-refractivity contribution in [3.63, 3.8) is 0 Å². The molecule has 1 amide bonds. The van der Waals surface area contributed by atoms with Crippen LogP contribution in [0, 0.1) is 0 Å². The molecule has 3 heterocycles. The second-order valence-corrected chi connectivity index (χ2v) is 7.10. The third kappa shape index (κ3) is 4.82. The third-order valence-electron chi connectivity index (χ3n) is 4.88. The Morgan fingerprint density at radius 1 is 1.19 bits per heavy atom. The number of benzene rings is 1. The predicted octanol–water partition coefficient (Wildman–Crippen LogP) is 2.85. The third-order valence-corrected chi connectivity index (χ3v) is 4.88. The molecule has 0 radical (unpaired) electrons. The number of primary amides is 1. The summed E-state index contributed by atoms with van der Waals surface area (Å²) in [6.45, 7) is 1.71. The van der Waals surface area contributed by atoms with Gasteiger partial charge in [0.15, 0.2) is 5.82 Å². The lowest BCUT2D eigenvalue weighted by molar-refractivity contribution is -0.274. The van der Waals surface area contributed by atoms with Gasteiger partial charge in [0.1, 0.15) is 23.1 Å². The maximum atomic E-state index is 12.4. The predicted molar refractivity (Wildman–Crippen MR) is 107 cm³/mol. The van der Waals surface area contributed by atoms with Crippen LogP contribution in [0.4, 0.5) is 19.0 Å². The van der Waals surface area contributed by atoms with Gasteiger partial charge in [0.05, 0.1) is 11.3 Å². The van der Waals surface area contributed by atoms with Crippen LogP contribution in [0.1, 0.15) is 23.2 Å². The minimum Gasteiger partial charge on any atom is -0.406 e. The number of nitrogens with zero attached hydrogens (tertiary/aromatic N) is 3. The first-order valence-electron chi connectivity index (χ1n) is 9.59. The number of hydrogen-bond acceptors (Lipinski definition) is 7. The molecule has 1 saturated heterocycles. The van der Waals surface area contributed by atoms with Gasteiger partial charge in [-0.2, -0.15) is 0 Å². The Morgan fingerprint density at radius 2 is 1.97 bits per heavy atom. The molecule has 1 aromatic carbocycles. The molecule has 0 bridgehead atoms. The number of ether oxygens (including phenoxy) is 1. The second-order valence-electron chi connectivity index (χ2n) is 7.10. The summed E-state index contributed by atoms with van der Waals surface area (Å²) in [5.74, 6) is -0.600. The Labute approximate surface area is 175 Å². The molecule has 1 fully saturated rings. The Morgan fingerprint density at radius 3 is 2.61 bits per heavy atom. The molecule has 3 aromatic rings. The maximum Gasteiger partial charge on any atom is 0.573 e. The number of hydrogen-bond donors (Lipinski definition) is 3. The molecule has 1 aliphatic heterocycles. The van der Waals surface area contributed by atoms with E-state index in [2.05, 4.69) is 30.3 Å². The van der Waals surface area contributed by atoms with Gasteiger partial charge >= 0.3 is 6.36 Å². The lowest BCUT2D eigenvalue weighted by Gasteiger charge is -2.24. The van der Waals surface area contributed by atoms with Crippen LogP contribution in [-0.2, 0) is 0 Å². The topological polar surface area (TPSA) is 115 Å². The molecule has 31 heavy (non-hydrogen) atoms. The molecule has 4 rings (SSSR count). The van der Waals surface area contributed by atoms with Gasteiger partial charge in [0.25, 0.3) is 5.91 Å². The Balaban J connectivity index is 1.75. The van der Waals surface area contributed by atoms with E-state index in [1.165, 1.54) is 36.7 Å². The summed E-state index contributed by atoms with van der Waals surface area (Å²) in [5, 5.41) is 6.63. The zero-order valence-electron chi connectivity index (χ0n) is 16.2. The summed E-state index contributed by atoms with van der Waals surface area (Å²) in [6, 6.07) is 6.78. The smallest absolute Gasteiger partial charge is 0.406 e. The number of piperidine rings is 1. The minimum atomic E-state index is -4.78. The van der Waals surface area contributed by atoms with Crippen LogP contribution in [-0.4, -0.2) is 46.4 Å². The summed E-state index contributed by atoms with van der Waals surface area (Å²) in [4.78, 5) is 25.1. The van der Waals surface area contributed by atoms with Gasteiger partial charge in [-0.25, -0.2) is 15.0 Å². The van der Waals surface area contributed by atoms with Crippen LogP contribution < -0.4 is 21.1 Å². The van der Waals surface area contributed by atoms with Crippen LogP contribution in [0.25, 0.3) is 22.3 Å². The lowest BCUT2D eigenvalue weighted by atomic mass is 10.1. The number of nitrogens with one attached hydrogen (secondary N) is 2. The highest BCUT2D eigenvalue weighted by Gasteiger charge is 2.31. The van der Waals surface area contributed by atoms with E-state index < -0.39 is 12.3 Å². The molecule has 0 saturated carbocycles. The Bertz CT molecular complexity index is 1100. The van der Waals surface area contributed by atoms with E-state index in [0.717, 1.165) is 25.9 Å². The zero-order chi connectivity index (χ0) is 22.0. The average Bonchev–Trinajstić information content (AvgIpc) is 2.73. The SMILES string of the molecule is NC(=O)c1cc(-c2ccc(OC(F)(F)F)cc2)nc2c(N[C@H]3CCCNC3)ncnc12. The monoisotopic (exact) mass is 432 g/mol. The molecule has 1 atom stereocenters. The fraction of sp³-hybridized carbons (Fsp3) is 0.300. The summed E-state index contributed by atoms with van der Waals surface area (Å²) >= 11 is 0. The van der Waals surface area contributed by atoms with Crippen LogP contribution >= 0.6 is 0 Å². The standard InChI is InChI=1S/C20H19F3N6O2/c21-20(22,23)31-13-5-3-11(4-6-13)15-8-14(18(24)30)16-17(29-15)19(27-10-26-16)28-12-2-1-7-25-9-12/h3-6,8,10,12,25H,1-2,7,9H2,(H2,24,30)(H,26,27,28)/t12-/m0/s1. The molecule has 1 aliphatic rings. The van der Waals surface area contributed by atoms with E-state index >= 15 is 0 Å². The normalized spacial score (nSPS) is 16.8. The van der Waals surface area contributed by atoms with Crippen molar-refractivity contribution in [2.45, 2.75) is 25.2 Å². The van der Waals surface area contributed by atoms with Gasteiger partial charge in [-0.15, -0.1) is 13.2 Å². The number of aromatic nitrogens is 3. The number of anilines is 1. The minimum absolute atomic E-state index is 0.133. The number of halogens is 3. The highest BCUT2D eigenvalue weighted by Crippen LogP contribution is 2.29. The van der Waals surface area contributed by atoms with Gasteiger partial charge in [0, 0.05) is 18.2 Å². The van der Waals surface area contributed by atoms with Crippen molar-refractivity contribution in [3.05, 3.63) is 42.2 Å². The van der Waals surface area contributed by atoms with Gasteiger partial charge in [-0.1, -0.05) is 0 Å². The van der Waals surface area contributed by atoms with E-state index in [1.807, 2.05) is 0 Å². The van der Waals surface area contributed by atoms with Crippen molar-refractivity contribution in [2.75, 3.05) is 18.4 Å². The Hall–Kier alpha value is -3.47. The largest absolute Gasteiger partial charge is 0.573 e. The maximum absolute atomic E-state index is 12.4. The Kier molecular flexibility index (Phi) is 5.59. The fourth-order valence-electron chi connectivity index (χ4n) is 3.48. The number of fused-ring (bicyclic) bond motifs is 1. The van der Waals surface area contributed by atoms with E-state index in [9.17, 15) is 18.0 Å². The summed E-state index contributed by atoms with van der Waals surface area (Å²) < 4.78 is 41.1. The first-order chi connectivity index (χ1) is 14.8. The number of carbonyl (C=O) groups is 1. The molecule has 4 N–H and O–H groups in total. The van der Waals surface area contributed by atoms with E-state index in [4.69, 9.17) is 5.73 Å². The quantitative estimate of drug-likeness (QED) is 0.568. The number of nitrogens with two attached hydrogens (primary N) is 1.